The molecule has 1 aromatic rings. The fourth-order valence-corrected chi connectivity index (χ4v) is 1.49. The van der Waals surface area contributed by atoms with E-state index in [9.17, 15) is 4.79 Å². The summed E-state index contributed by atoms with van der Waals surface area (Å²) in [5.74, 6) is -0.534. The van der Waals surface area contributed by atoms with E-state index in [2.05, 4.69) is 9.72 Å². The Labute approximate surface area is 83.4 Å². The van der Waals surface area contributed by atoms with E-state index in [4.69, 9.17) is 5.73 Å². The number of aromatic amines is 1. The van der Waals surface area contributed by atoms with E-state index in [1.807, 2.05) is 19.1 Å². The molecule has 1 heterocycles. The fraction of sp³-hybridized carbons (Fsp3) is 0.500. The number of methoxy groups -OCH3 is 1. The van der Waals surface area contributed by atoms with Crippen molar-refractivity contribution in [2.45, 2.75) is 19.4 Å². The lowest BCUT2D eigenvalue weighted by atomic mass is 9.95. The summed E-state index contributed by atoms with van der Waals surface area (Å²) in [5.41, 5.74) is 6.80. The van der Waals surface area contributed by atoms with Crippen molar-refractivity contribution in [3.05, 3.63) is 24.0 Å². The van der Waals surface area contributed by atoms with Gasteiger partial charge in [0.2, 0.25) is 0 Å². The van der Waals surface area contributed by atoms with Crippen molar-refractivity contribution in [3.8, 4) is 0 Å². The van der Waals surface area contributed by atoms with Crippen LogP contribution in [0.1, 0.15) is 25.1 Å². The molecular weight excluding hydrogens is 180 g/mol. The maximum atomic E-state index is 11.4. The average Bonchev–Trinajstić information content (AvgIpc) is 2.71. The smallest absolute Gasteiger partial charge is 0.310 e. The van der Waals surface area contributed by atoms with Crippen molar-refractivity contribution >= 4 is 5.97 Å². The normalized spacial score (nSPS) is 14.8. The summed E-state index contributed by atoms with van der Waals surface area (Å²) in [6.07, 6.45) is 2.46. The minimum absolute atomic E-state index is 0.255. The molecule has 0 aliphatic heterocycles. The number of hydrogen-bond donors (Lipinski definition) is 2. The number of hydrogen-bond acceptors (Lipinski definition) is 3. The molecule has 0 aromatic carbocycles. The highest BCUT2D eigenvalue weighted by Gasteiger charge is 2.26. The number of nitrogens with two attached hydrogens (primary N) is 1. The molecular formula is C10H16N2O2. The van der Waals surface area contributed by atoms with Gasteiger partial charge in [-0.1, -0.05) is 6.92 Å². The summed E-state index contributed by atoms with van der Waals surface area (Å²) >= 11 is 0. The Morgan fingerprint density at radius 2 is 2.43 bits per heavy atom. The molecule has 4 heteroatoms. The number of rotatable bonds is 4. The SMILES string of the molecule is CCC(C(=O)OC)C(N)c1ccc[nH]1. The minimum atomic E-state index is -0.317. The third-order valence-corrected chi connectivity index (χ3v) is 2.36. The lowest BCUT2D eigenvalue weighted by Gasteiger charge is -2.19. The minimum Gasteiger partial charge on any atom is -0.469 e. The molecule has 0 amide bonds. The largest absolute Gasteiger partial charge is 0.469 e. The first-order chi connectivity index (χ1) is 6.70. The summed E-state index contributed by atoms with van der Waals surface area (Å²) < 4.78 is 4.69. The molecule has 0 bridgehead atoms. The van der Waals surface area contributed by atoms with Crippen LogP contribution in [0.4, 0.5) is 0 Å². The third-order valence-electron chi connectivity index (χ3n) is 2.36. The maximum absolute atomic E-state index is 11.4. The average molecular weight is 196 g/mol. The number of aromatic nitrogens is 1. The summed E-state index contributed by atoms with van der Waals surface area (Å²) in [4.78, 5) is 14.4. The van der Waals surface area contributed by atoms with Crippen LogP contribution in [-0.2, 0) is 9.53 Å². The van der Waals surface area contributed by atoms with Crippen molar-refractivity contribution in [2.75, 3.05) is 7.11 Å². The van der Waals surface area contributed by atoms with Crippen LogP contribution in [0.3, 0.4) is 0 Å². The molecule has 4 nitrogen and oxygen atoms in total. The summed E-state index contributed by atoms with van der Waals surface area (Å²) in [6, 6.07) is 3.41. The van der Waals surface area contributed by atoms with Crippen LogP contribution in [-0.4, -0.2) is 18.1 Å². The molecule has 2 unspecified atom stereocenters. The number of carbonyl (C=O) groups is 1. The number of carbonyl (C=O) groups excluding carboxylic acids is 1. The highest BCUT2D eigenvalue weighted by Crippen LogP contribution is 2.21. The number of esters is 1. The van der Waals surface area contributed by atoms with Crippen LogP contribution in [0.25, 0.3) is 0 Å². The van der Waals surface area contributed by atoms with Crippen LogP contribution >= 0.6 is 0 Å². The molecule has 1 rings (SSSR count). The van der Waals surface area contributed by atoms with E-state index >= 15 is 0 Å². The quantitative estimate of drug-likeness (QED) is 0.711. The van der Waals surface area contributed by atoms with Crippen molar-refractivity contribution in [2.24, 2.45) is 11.7 Å². The molecule has 0 saturated heterocycles. The lowest BCUT2D eigenvalue weighted by molar-refractivity contribution is -0.146. The number of nitrogens with one attached hydrogen (secondary N) is 1. The Hall–Kier alpha value is -1.29. The standard InChI is InChI=1S/C10H16N2O2/c1-3-7(10(13)14-2)9(11)8-5-4-6-12-8/h4-7,9,12H,3,11H2,1-2H3. The van der Waals surface area contributed by atoms with Gasteiger partial charge in [0.25, 0.3) is 0 Å². The van der Waals surface area contributed by atoms with Crippen molar-refractivity contribution in [1.29, 1.82) is 0 Å². The maximum Gasteiger partial charge on any atom is 0.310 e. The number of H-pyrrole nitrogens is 1. The van der Waals surface area contributed by atoms with Gasteiger partial charge in [-0.3, -0.25) is 4.79 Å². The van der Waals surface area contributed by atoms with Crippen LogP contribution in [0.5, 0.6) is 0 Å². The van der Waals surface area contributed by atoms with E-state index in [-0.39, 0.29) is 17.9 Å². The van der Waals surface area contributed by atoms with Crippen molar-refractivity contribution < 1.29 is 9.53 Å². The van der Waals surface area contributed by atoms with Crippen LogP contribution in [0.15, 0.2) is 18.3 Å². The number of ether oxygens (including phenoxy) is 1. The molecule has 0 aliphatic rings. The van der Waals surface area contributed by atoms with Gasteiger partial charge in [-0.05, 0) is 18.6 Å². The molecule has 0 aliphatic carbocycles. The second-order valence-corrected chi connectivity index (χ2v) is 3.19. The third kappa shape index (κ3) is 2.14. The van der Waals surface area contributed by atoms with Gasteiger partial charge in [0.15, 0.2) is 0 Å². The molecule has 0 radical (unpaired) electrons. The van der Waals surface area contributed by atoms with Gasteiger partial charge >= 0.3 is 5.97 Å². The fourth-order valence-electron chi connectivity index (χ4n) is 1.49. The topological polar surface area (TPSA) is 68.1 Å². The molecule has 1 aromatic heterocycles. The Morgan fingerprint density at radius 3 is 2.86 bits per heavy atom. The summed E-state index contributed by atoms with van der Waals surface area (Å²) in [6.45, 7) is 1.92. The van der Waals surface area contributed by atoms with E-state index in [1.165, 1.54) is 7.11 Å². The van der Waals surface area contributed by atoms with Gasteiger partial charge in [-0.15, -0.1) is 0 Å². The summed E-state index contributed by atoms with van der Waals surface area (Å²) in [7, 11) is 1.38. The Kier molecular flexibility index (Phi) is 3.71. The second-order valence-electron chi connectivity index (χ2n) is 3.19. The molecule has 0 saturated carbocycles. The Bertz CT molecular complexity index is 282. The van der Waals surface area contributed by atoms with E-state index in [1.54, 1.807) is 6.20 Å². The highest BCUT2D eigenvalue weighted by molar-refractivity contribution is 5.73. The monoisotopic (exact) mass is 196 g/mol. The zero-order chi connectivity index (χ0) is 10.6. The first kappa shape index (κ1) is 10.8. The molecule has 3 N–H and O–H groups in total. The molecule has 0 spiro atoms. The van der Waals surface area contributed by atoms with Gasteiger partial charge in [0.05, 0.1) is 19.1 Å². The van der Waals surface area contributed by atoms with E-state index in [0.717, 1.165) is 5.69 Å². The highest BCUT2D eigenvalue weighted by atomic mass is 16.5. The van der Waals surface area contributed by atoms with Gasteiger partial charge < -0.3 is 15.5 Å². The van der Waals surface area contributed by atoms with E-state index < -0.39 is 0 Å². The zero-order valence-corrected chi connectivity index (χ0v) is 8.49. The van der Waals surface area contributed by atoms with Gasteiger partial charge in [0, 0.05) is 11.9 Å². The molecule has 14 heavy (non-hydrogen) atoms. The van der Waals surface area contributed by atoms with Crippen LogP contribution in [0.2, 0.25) is 0 Å². The van der Waals surface area contributed by atoms with Crippen LogP contribution < -0.4 is 5.73 Å². The predicted octanol–water partition coefficient (Wildman–Crippen LogP) is 1.21. The Balaban J connectivity index is 2.75. The molecule has 2 atom stereocenters. The van der Waals surface area contributed by atoms with Crippen molar-refractivity contribution in [1.82, 2.24) is 4.98 Å². The van der Waals surface area contributed by atoms with E-state index in [0.29, 0.717) is 6.42 Å². The van der Waals surface area contributed by atoms with Crippen molar-refractivity contribution in [3.63, 3.8) is 0 Å². The van der Waals surface area contributed by atoms with Gasteiger partial charge in [-0.25, -0.2) is 0 Å². The van der Waals surface area contributed by atoms with Gasteiger partial charge in [0.1, 0.15) is 0 Å². The molecule has 0 fully saturated rings. The van der Waals surface area contributed by atoms with Gasteiger partial charge in [-0.2, -0.15) is 0 Å². The molecule has 78 valence electrons. The lowest BCUT2D eigenvalue weighted by Crippen LogP contribution is -2.29. The Morgan fingerprint density at radius 1 is 1.71 bits per heavy atom. The second kappa shape index (κ2) is 4.81. The zero-order valence-electron chi connectivity index (χ0n) is 8.49. The first-order valence-corrected chi connectivity index (χ1v) is 4.67. The summed E-state index contributed by atoms with van der Waals surface area (Å²) in [5, 5.41) is 0. The first-order valence-electron chi connectivity index (χ1n) is 4.67. The van der Waals surface area contributed by atoms with Crippen LogP contribution in [0, 0.1) is 5.92 Å². The predicted molar refractivity (Wildman–Crippen MR) is 53.5 cm³/mol.